The van der Waals surface area contributed by atoms with Gasteiger partial charge in [-0.15, -0.1) is 0 Å². The summed E-state index contributed by atoms with van der Waals surface area (Å²) < 4.78 is 2.88. The third-order valence-corrected chi connectivity index (χ3v) is 5.56. The molecule has 1 N–H and O–H groups in total. The van der Waals surface area contributed by atoms with Crippen LogP contribution < -0.4 is 0 Å². The molecular weight excluding hydrogens is 374 g/mol. The van der Waals surface area contributed by atoms with Crippen LogP contribution in [-0.2, 0) is 11.3 Å². The van der Waals surface area contributed by atoms with Crippen molar-refractivity contribution in [1.82, 2.24) is 14.5 Å². The molecule has 0 spiro atoms. The number of carbonyl (C=O) groups is 1. The topological polar surface area (TPSA) is 68.0 Å². The number of carboxylic acid groups (broad SMARTS) is 1. The molecule has 0 fully saturated rings. The minimum atomic E-state index is -0.850. The first-order valence-corrected chi connectivity index (χ1v) is 9.24. The highest BCUT2D eigenvalue weighted by molar-refractivity contribution is 9.10. The molecule has 0 aliphatic heterocycles. The van der Waals surface area contributed by atoms with Crippen LogP contribution in [0.4, 0.5) is 0 Å². The molecule has 0 aliphatic carbocycles. The van der Waals surface area contributed by atoms with Gasteiger partial charge < -0.3 is 9.67 Å². The molecule has 0 saturated heterocycles. The monoisotopic (exact) mass is 389 g/mol. The van der Waals surface area contributed by atoms with Crippen molar-refractivity contribution in [2.24, 2.45) is 0 Å². The highest BCUT2D eigenvalue weighted by atomic mass is 79.9. The summed E-state index contributed by atoms with van der Waals surface area (Å²) in [6.45, 7) is 5.02. The number of carboxylic acids is 1. The summed E-state index contributed by atoms with van der Waals surface area (Å²) >= 11 is 6.37. The molecule has 2 heterocycles. The fourth-order valence-electron chi connectivity index (χ4n) is 1.79. The van der Waals surface area contributed by atoms with Crippen LogP contribution in [0.3, 0.4) is 0 Å². The van der Waals surface area contributed by atoms with Gasteiger partial charge in [0.2, 0.25) is 0 Å². The third-order valence-electron chi connectivity index (χ3n) is 2.93. The molecule has 2 aromatic heterocycles. The molecule has 0 radical (unpaired) electrons. The third kappa shape index (κ3) is 4.14. The Hall–Kier alpha value is -0.730. The lowest BCUT2D eigenvalue weighted by atomic mass is 10.2. The van der Waals surface area contributed by atoms with Crippen molar-refractivity contribution in [3.63, 3.8) is 0 Å². The largest absolute Gasteiger partial charge is 0.481 e. The lowest BCUT2D eigenvalue weighted by molar-refractivity contribution is -0.133. The number of aromatic nitrogens is 3. The molecule has 0 unspecified atom stereocenters. The van der Waals surface area contributed by atoms with Crippen molar-refractivity contribution < 1.29 is 9.90 Å². The Morgan fingerprint density at radius 1 is 1.52 bits per heavy atom. The zero-order valence-electron chi connectivity index (χ0n) is 12.0. The number of halogens is 1. The smallest absolute Gasteiger partial charge is 0.313 e. The Bertz CT molecular complexity index is 673. The van der Waals surface area contributed by atoms with E-state index in [4.69, 9.17) is 5.11 Å². The van der Waals surface area contributed by atoms with Gasteiger partial charge in [0.25, 0.3) is 0 Å². The van der Waals surface area contributed by atoms with Crippen LogP contribution in [0.15, 0.2) is 21.9 Å². The van der Waals surface area contributed by atoms with Gasteiger partial charge in [0.1, 0.15) is 5.52 Å². The van der Waals surface area contributed by atoms with E-state index in [1.54, 1.807) is 18.0 Å². The number of rotatable bonds is 6. The Balaban J connectivity index is 2.46. The number of hydrogen-bond acceptors (Lipinski definition) is 5. The number of thioether (sulfide) groups is 2. The maximum atomic E-state index is 10.8. The van der Waals surface area contributed by atoms with Crippen molar-refractivity contribution in [1.29, 1.82) is 0 Å². The molecule has 0 saturated carbocycles. The van der Waals surface area contributed by atoms with Crippen LogP contribution in [0, 0.1) is 0 Å². The predicted octanol–water partition coefficient (Wildman–Crippen LogP) is 3.51. The average molecular weight is 390 g/mol. The maximum absolute atomic E-state index is 10.8. The lowest BCUT2D eigenvalue weighted by Gasteiger charge is -2.23. The number of pyridine rings is 1. The SMILES string of the molecule is CSC(C)(C)Cn1c(SCC(=O)O)nc2cc(Br)cnc21. The van der Waals surface area contributed by atoms with Crippen molar-refractivity contribution in [2.45, 2.75) is 30.3 Å². The number of imidazole rings is 1. The molecule has 0 aliphatic rings. The van der Waals surface area contributed by atoms with E-state index in [0.29, 0.717) is 5.16 Å². The van der Waals surface area contributed by atoms with E-state index in [0.717, 1.165) is 22.2 Å². The molecule has 5 nitrogen and oxygen atoms in total. The Kier molecular flexibility index (Phi) is 5.21. The van der Waals surface area contributed by atoms with Gasteiger partial charge in [-0.3, -0.25) is 4.79 Å². The Morgan fingerprint density at radius 3 is 2.86 bits per heavy atom. The van der Waals surface area contributed by atoms with Crippen LogP contribution >= 0.6 is 39.5 Å². The standard InChI is InChI=1S/C13H16BrN3O2S2/c1-13(2,20-3)7-17-11-9(4-8(14)5-15-11)16-12(17)21-6-10(18)19/h4-5H,6-7H2,1-3H3,(H,18,19). The Morgan fingerprint density at radius 2 is 2.24 bits per heavy atom. The second kappa shape index (κ2) is 6.58. The van der Waals surface area contributed by atoms with Gasteiger partial charge >= 0.3 is 5.97 Å². The lowest BCUT2D eigenvalue weighted by Crippen LogP contribution is -2.23. The van der Waals surface area contributed by atoms with Gasteiger partial charge in [-0.2, -0.15) is 11.8 Å². The van der Waals surface area contributed by atoms with Crippen molar-refractivity contribution in [2.75, 3.05) is 12.0 Å². The van der Waals surface area contributed by atoms with Crippen molar-refractivity contribution >= 4 is 56.6 Å². The van der Waals surface area contributed by atoms with E-state index in [1.165, 1.54) is 11.8 Å². The van der Waals surface area contributed by atoms with Crippen LogP contribution in [0.5, 0.6) is 0 Å². The second-order valence-electron chi connectivity index (χ2n) is 5.12. The first kappa shape index (κ1) is 16.6. The normalized spacial score (nSPS) is 12.0. The molecule has 0 amide bonds. The molecule has 0 bridgehead atoms. The summed E-state index contributed by atoms with van der Waals surface area (Å²) in [6.07, 6.45) is 3.80. The number of nitrogens with zero attached hydrogens (tertiary/aromatic N) is 3. The quantitative estimate of drug-likeness (QED) is 0.762. The first-order valence-electron chi connectivity index (χ1n) is 6.24. The fraction of sp³-hybridized carbons (Fsp3) is 0.462. The minimum Gasteiger partial charge on any atom is -0.481 e. The number of aliphatic carboxylic acids is 1. The van der Waals surface area contributed by atoms with E-state index in [9.17, 15) is 4.79 Å². The zero-order chi connectivity index (χ0) is 15.6. The van der Waals surface area contributed by atoms with E-state index in [1.807, 2.05) is 10.6 Å². The molecule has 21 heavy (non-hydrogen) atoms. The first-order chi connectivity index (χ1) is 9.82. The summed E-state index contributed by atoms with van der Waals surface area (Å²) in [6, 6.07) is 1.90. The molecule has 2 aromatic rings. The van der Waals surface area contributed by atoms with Crippen LogP contribution in [0.1, 0.15) is 13.8 Å². The molecule has 0 aromatic carbocycles. The van der Waals surface area contributed by atoms with E-state index in [2.05, 4.69) is 46.0 Å². The number of fused-ring (bicyclic) bond motifs is 1. The molecule has 0 atom stereocenters. The summed E-state index contributed by atoms with van der Waals surface area (Å²) in [5.41, 5.74) is 1.56. The van der Waals surface area contributed by atoms with Crippen LogP contribution in [-0.4, -0.2) is 42.4 Å². The maximum Gasteiger partial charge on any atom is 0.313 e. The summed E-state index contributed by atoms with van der Waals surface area (Å²) in [7, 11) is 0. The zero-order valence-corrected chi connectivity index (χ0v) is 15.2. The summed E-state index contributed by atoms with van der Waals surface area (Å²) in [5.74, 6) is -0.860. The van der Waals surface area contributed by atoms with Crippen LogP contribution in [0.25, 0.3) is 11.2 Å². The summed E-state index contributed by atoms with van der Waals surface area (Å²) in [4.78, 5) is 19.8. The van der Waals surface area contributed by atoms with Gasteiger partial charge in [0.05, 0.1) is 5.75 Å². The highest BCUT2D eigenvalue weighted by Crippen LogP contribution is 2.30. The Labute approximate surface area is 140 Å². The summed E-state index contributed by atoms with van der Waals surface area (Å²) in [5, 5.41) is 9.57. The van der Waals surface area contributed by atoms with Gasteiger partial charge in [-0.25, -0.2) is 9.97 Å². The van der Waals surface area contributed by atoms with Gasteiger partial charge in [0, 0.05) is 22.0 Å². The van der Waals surface area contributed by atoms with Gasteiger partial charge in [0.15, 0.2) is 10.8 Å². The highest BCUT2D eigenvalue weighted by Gasteiger charge is 2.22. The minimum absolute atomic E-state index is 0.00973. The fourth-order valence-corrected chi connectivity index (χ4v) is 3.09. The molecular formula is C13H16BrN3O2S2. The van der Waals surface area contributed by atoms with Gasteiger partial charge in [-0.05, 0) is 42.1 Å². The molecule has 8 heteroatoms. The predicted molar refractivity (Wildman–Crippen MR) is 91.2 cm³/mol. The number of hydrogen-bond donors (Lipinski definition) is 1. The molecule has 2 rings (SSSR count). The van der Waals surface area contributed by atoms with E-state index < -0.39 is 5.97 Å². The van der Waals surface area contributed by atoms with Gasteiger partial charge in [-0.1, -0.05) is 11.8 Å². The average Bonchev–Trinajstić information content (AvgIpc) is 2.73. The van der Waals surface area contributed by atoms with Crippen molar-refractivity contribution in [3.8, 4) is 0 Å². The van der Waals surface area contributed by atoms with E-state index in [-0.39, 0.29) is 10.5 Å². The van der Waals surface area contributed by atoms with Crippen LogP contribution in [0.2, 0.25) is 0 Å². The van der Waals surface area contributed by atoms with E-state index >= 15 is 0 Å². The van der Waals surface area contributed by atoms with Crippen molar-refractivity contribution in [3.05, 3.63) is 16.7 Å². The molecule has 114 valence electrons. The second-order valence-corrected chi connectivity index (χ2v) is 8.49.